The topological polar surface area (TPSA) is 15.3 Å². The molecule has 0 aromatic rings. The smallest absolute Gasteiger partial charge is 0.0214 e. The van der Waals surface area contributed by atoms with Crippen LogP contribution in [0, 0.1) is 5.92 Å². The number of nitrogens with zero attached hydrogens (tertiary/aromatic N) is 1. The lowest BCUT2D eigenvalue weighted by molar-refractivity contribution is 0.241. The van der Waals surface area contributed by atoms with Crippen molar-refractivity contribution in [3.63, 3.8) is 0 Å². The molecular formula is C14H28N2S. The van der Waals surface area contributed by atoms with Gasteiger partial charge in [0.05, 0.1) is 0 Å². The minimum absolute atomic E-state index is 0.890. The van der Waals surface area contributed by atoms with Crippen LogP contribution in [0.5, 0.6) is 0 Å². The van der Waals surface area contributed by atoms with Crippen molar-refractivity contribution in [3.8, 4) is 0 Å². The third kappa shape index (κ3) is 3.62. The lowest BCUT2D eigenvalue weighted by Crippen LogP contribution is -2.38. The largest absolute Gasteiger partial charge is 0.316 e. The predicted octanol–water partition coefficient (Wildman–Crippen LogP) is 2.59. The molecule has 1 aliphatic carbocycles. The van der Waals surface area contributed by atoms with Crippen LogP contribution < -0.4 is 5.32 Å². The summed E-state index contributed by atoms with van der Waals surface area (Å²) in [5, 5.41) is 4.50. The Morgan fingerprint density at radius 1 is 1.29 bits per heavy atom. The van der Waals surface area contributed by atoms with Crippen LogP contribution in [0.1, 0.15) is 39.0 Å². The summed E-state index contributed by atoms with van der Waals surface area (Å²) in [6, 6.07) is 0.890. The van der Waals surface area contributed by atoms with Crippen molar-refractivity contribution in [2.24, 2.45) is 5.92 Å². The summed E-state index contributed by atoms with van der Waals surface area (Å²) in [6.07, 6.45) is 9.30. The first-order chi connectivity index (χ1) is 8.35. The molecular weight excluding hydrogens is 228 g/mol. The first-order valence-corrected chi connectivity index (χ1v) is 8.61. The first-order valence-electron chi connectivity index (χ1n) is 7.32. The van der Waals surface area contributed by atoms with Gasteiger partial charge in [-0.15, -0.1) is 0 Å². The highest BCUT2D eigenvalue weighted by Gasteiger charge is 2.35. The summed E-state index contributed by atoms with van der Waals surface area (Å²) in [7, 11) is 0. The fourth-order valence-electron chi connectivity index (χ4n) is 3.41. The molecule has 0 aromatic heterocycles. The molecule has 0 spiro atoms. The second-order valence-corrected chi connectivity index (χ2v) is 6.70. The molecule has 3 unspecified atom stereocenters. The fourth-order valence-corrected chi connectivity index (χ4v) is 4.44. The average Bonchev–Trinajstić information content (AvgIpc) is 2.96. The summed E-state index contributed by atoms with van der Waals surface area (Å²) in [5.74, 6) is 0.907. The van der Waals surface area contributed by atoms with E-state index in [-0.39, 0.29) is 0 Å². The van der Waals surface area contributed by atoms with Gasteiger partial charge in [-0.3, -0.25) is 4.90 Å². The van der Waals surface area contributed by atoms with Crippen LogP contribution in [0.4, 0.5) is 0 Å². The van der Waals surface area contributed by atoms with Gasteiger partial charge in [0.2, 0.25) is 0 Å². The van der Waals surface area contributed by atoms with Gasteiger partial charge < -0.3 is 5.32 Å². The lowest BCUT2D eigenvalue weighted by Gasteiger charge is -2.28. The van der Waals surface area contributed by atoms with Gasteiger partial charge >= 0.3 is 0 Å². The van der Waals surface area contributed by atoms with Crippen molar-refractivity contribution in [2.75, 3.05) is 32.4 Å². The molecule has 0 aromatic carbocycles. The Bertz CT molecular complexity index is 222. The number of rotatable bonds is 6. The molecule has 17 heavy (non-hydrogen) atoms. The van der Waals surface area contributed by atoms with Crippen molar-refractivity contribution in [1.82, 2.24) is 10.2 Å². The Kier molecular flexibility index (Phi) is 5.64. The van der Waals surface area contributed by atoms with Crippen molar-refractivity contribution in [1.29, 1.82) is 0 Å². The first kappa shape index (κ1) is 13.7. The molecule has 1 saturated heterocycles. The monoisotopic (exact) mass is 256 g/mol. The quantitative estimate of drug-likeness (QED) is 0.735. The van der Waals surface area contributed by atoms with Gasteiger partial charge in [0.25, 0.3) is 0 Å². The highest BCUT2D eigenvalue weighted by Crippen LogP contribution is 2.34. The van der Waals surface area contributed by atoms with Crippen LogP contribution in [0.2, 0.25) is 0 Å². The molecule has 2 rings (SSSR count). The highest BCUT2D eigenvalue weighted by atomic mass is 32.2. The van der Waals surface area contributed by atoms with E-state index in [0.717, 1.165) is 17.2 Å². The molecule has 2 aliphatic rings. The molecule has 1 N–H and O–H groups in total. The molecule has 0 radical (unpaired) electrons. The summed E-state index contributed by atoms with van der Waals surface area (Å²) in [6.45, 7) is 7.36. The van der Waals surface area contributed by atoms with E-state index >= 15 is 0 Å². The van der Waals surface area contributed by atoms with Crippen LogP contribution in [-0.4, -0.2) is 48.6 Å². The zero-order valence-corrected chi connectivity index (χ0v) is 12.3. The molecule has 2 fully saturated rings. The van der Waals surface area contributed by atoms with Crippen molar-refractivity contribution >= 4 is 11.8 Å². The van der Waals surface area contributed by atoms with Gasteiger partial charge in [-0.2, -0.15) is 11.8 Å². The molecule has 1 saturated carbocycles. The van der Waals surface area contributed by atoms with Crippen molar-refractivity contribution in [3.05, 3.63) is 0 Å². The number of likely N-dealkylation sites (tertiary alicyclic amines) is 1. The van der Waals surface area contributed by atoms with E-state index in [1.165, 1.54) is 58.3 Å². The van der Waals surface area contributed by atoms with E-state index in [1.807, 2.05) is 0 Å². The van der Waals surface area contributed by atoms with Gasteiger partial charge in [0.1, 0.15) is 0 Å². The maximum absolute atomic E-state index is 3.58. The number of thioether (sulfide) groups is 1. The fraction of sp³-hybridized carbons (Fsp3) is 1.00. The average molecular weight is 256 g/mol. The predicted molar refractivity (Wildman–Crippen MR) is 77.8 cm³/mol. The number of hydrogen-bond donors (Lipinski definition) is 1. The zero-order valence-electron chi connectivity index (χ0n) is 11.5. The molecule has 0 amide bonds. The van der Waals surface area contributed by atoms with Crippen LogP contribution in [0.3, 0.4) is 0 Å². The third-order valence-electron chi connectivity index (χ3n) is 4.37. The molecule has 1 aliphatic heterocycles. The van der Waals surface area contributed by atoms with Gasteiger partial charge in [0, 0.05) is 17.8 Å². The van der Waals surface area contributed by atoms with Gasteiger partial charge in [-0.05, 0) is 57.5 Å². The zero-order chi connectivity index (χ0) is 12.1. The Hall–Kier alpha value is 0.270. The van der Waals surface area contributed by atoms with E-state index in [0.29, 0.717) is 0 Å². The molecule has 3 heteroatoms. The maximum Gasteiger partial charge on any atom is 0.0214 e. The van der Waals surface area contributed by atoms with E-state index in [2.05, 4.69) is 35.2 Å². The molecule has 1 heterocycles. The lowest BCUT2D eigenvalue weighted by atomic mass is 10.1. The number of nitrogens with one attached hydrogen (secondary N) is 1. The number of hydrogen-bond acceptors (Lipinski definition) is 3. The molecule has 3 atom stereocenters. The van der Waals surface area contributed by atoms with Gasteiger partial charge in [-0.1, -0.05) is 13.3 Å². The van der Waals surface area contributed by atoms with E-state index in [4.69, 9.17) is 0 Å². The summed E-state index contributed by atoms with van der Waals surface area (Å²) < 4.78 is 0. The second kappa shape index (κ2) is 7.01. The summed E-state index contributed by atoms with van der Waals surface area (Å²) in [5.41, 5.74) is 0. The van der Waals surface area contributed by atoms with E-state index in [1.54, 1.807) is 0 Å². The van der Waals surface area contributed by atoms with Crippen molar-refractivity contribution in [2.45, 2.75) is 50.3 Å². The molecule has 100 valence electrons. The SMILES string of the molecule is CCCNCC1CCN(C2CCCC2SC)C1. The Morgan fingerprint density at radius 2 is 2.18 bits per heavy atom. The Labute approximate surface area is 111 Å². The highest BCUT2D eigenvalue weighted by molar-refractivity contribution is 7.99. The molecule has 2 nitrogen and oxygen atoms in total. The molecule has 0 bridgehead atoms. The van der Waals surface area contributed by atoms with Crippen LogP contribution >= 0.6 is 11.8 Å². The summed E-state index contributed by atoms with van der Waals surface area (Å²) in [4.78, 5) is 2.78. The van der Waals surface area contributed by atoms with Gasteiger partial charge in [-0.25, -0.2) is 0 Å². The van der Waals surface area contributed by atoms with E-state index < -0.39 is 0 Å². The Balaban J connectivity index is 1.73. The van der Waals surface area contributed by atoms with Crippen LogP contribution in [0.25, 0.3) is 0 Å². The van der Waals surface area contributed by atoms with Crippen LogP contribution in [-0.2, 0) is 0 Å². The van der Waals surface area contributed by atoms with Crippen molar-refractivity contribution < 1.29 is 0 Å². The second-order valence-electron chi connectivity index (χ2n) is 5.63. The third-order valence-corrected chi connectivity index (χ3v) is 5.52. The van der Waals surface area contributed by atoms with Crippen LogP contribution in [0.15, 0.2) is 0 Å². The minimum atomic E-state index is 0.890. The summed E-state index contributed by atoms with van der Waals surface area (Å²) >= 11 is 2.09. The van der Waals surface area contributed by atoms with E-state index in [9.17, 15) is 0 Å². The normalized spacial score (nSPS) is 34.6. The Morgan fingerprint density at radius 3 is 2.94 bits per heavy atom. The maximum atomic E-state index is 3.58. The standard InChI is InChI=1S/C14H28N2S/c1-3-8-15-10-12-7-9-16(11-12)13-5-4-6-14(13)17-2/h12-15H,3-11H2,1-2H3. The van der Waals surface area contributed by atoms with Gasteiger partial charge in [0.15, 0.2) is 0 Å². The minimum Gasteiger partial charge on any atom is -0.316 e.